The minimum Gasteiger partial charge on any atom is -0.445 e. The van der Waals surface area contributed by atoms with E-state index >= 15 is 0 Å². The van der Waals surface area contributed by atoms with Crippen LogP contribution in [0.15, 0.2) is 30.3 Å². The lowest BCUT2D eigenvalue weighted by atomic mass is 9.99. The summed E-state index contributed by atoms with van der Waals surface area (Å²) in [4.78, 5) is 13.9. The van der Waals surface area contributed by atoms with Gasteiger partial charge >= 0.3 is 6.09 Å². The predicted octanol–water partition coefficient (Wildman–Crippen LogP) is 2.01. The van der Waals surface area contributed by atoms with Gasteiger partial charge in [-0.25, -0.2) is 4.79 Å². The summed E-state index contributed by atoms with van der Waals surface area (Å²) in [6, 6.07) is 9.52. The number of hydrogen-bond acceptors (Lipinski definition) is 5. The molecule has 1 amide bonds. The number of ether oxygens (including phenoxy) is 1. The monoisotopic (exact) mass is 339 g/mol. The van der Waals surface area contributed by atoms with E-state index < -0.39 is 10.1 Å². The predicted molar refractivity (Wildman–Crippen MR) is 84.1 cm³/mol. The van der Waals surface area contributed by atoms with Gasteiger partial charge in [-0.2, -0.15) is 8.42 Å². The van der Waals surface area contributed by atoms with Crippen LogP contribution in [0, 0.1) is 11.8 Å². The Bertz CT molecular complexity index is 660. The average Bonchev–Trinajstić information content (AvgIpc) is 2.77. The molecular weight excluding hydrogens is 318 g/mol. The highest BCUT2D eigenvalue weighted by atomic mass is 32.2. The van der Waals surface area contributed by atoms with Crippen LogP contribution in [0.3, 0.4) is 0 Å². The molecule has 1 aromatic rings. The van der Waals surface area contributed by atoms with Crippen LogP contribution in [0.25, 0.3) is 0 Å². The maximum absolute atomic E-state index is 12.2. The molecule has 0 aromatic heterocycles. The smallest absolute Gasteiger partial charge is 0.410 e. The molecule has 1 aromatic carbocycles. The van der Waals surface area contributed by atoms with Gasteiger partial charge in [-0.3, -0.25) is 4.18 Å². The molecule has 3 rings (SSSR count). The van der Waals surface area contributed by atoms with Gasteiger partial charge in [0.1, 0.15) is 6.61 Å². The Morgan fingerprint density at radius 3 is 2.65 bits per heavy atom. The molecule has 1 saturated carbocycles. The molecule has 2 fully saturated rings. The molecule has 6 nitrogen and oxygen atoms in total. The van der Waals surface area contributed by atoms with Crippen molar-refractivity contribution in [1.82, 2.24) is 4.90 Å². The van der Waals surface area contributed by atoms with Crippen LogP contribution in [0.1, 0.15) is 18.4 Å². The highest BCUT2D eigenvalue weighted by molar-refractivity contribution is 7.86. The molecule has 3 unspecified atom stereocenters. The largest absolute Gasteiger partial charge is 0.445 e. The summed E-state index contributed by atoms with van der Waals surface area (Å²) in [5.74, 6) is 0.345. The van der Waals surface area contributed by atoms with Crippen LogP contribution in [0.4, 0.5) is 4.79 Å². The number of hydrogen-bond donors (Lipinski definition) is 0. The van der Waals surface area contributed by atoms with E-state index in [1.807, 2.05) is 30.3 Å². The lowest BCUT2D eigenvalue weighted by Crippen LogP contribution is -2.42. The summed E-state index contributed by atoms with van der Waals surface area (Å²) in [7, 11) is -3.46. The van der Waals surface area contributed by atoms with Crippen molar-refractivity contribution in [3.63, 3.8) is 0 Å². The first-order valence-corrected chi connectivity index (χ1v) is 9.56. The third-order valence-electron chi connectivity index (χ3n) is 4.42. The maximum Gasteiger partial charge on any atom is 0.410 e. The highest BCUT2D eigenvalue weighted by Crippen LogP contribution is 2.39. The Labute approximate surface area is 136 Å². The zero-order valence-corrected chi connectivity index (χ0v) is 13.9. The standard InChI is InChI=1S/C16H21NO5S/c1-23(19,20)22-15-8-13-7-14(15)10-17(9-13)16(18)21-11-12-5-3-2-4-6-12/h2-6,13-15H,7-11H2,1H3. The molecule has 0 N–H and O–H groups in total. The topological polar surface area (TPSA) is 72.9 Å². The Balaban J connectivity index is 1.55. The summed E-state index contributed by atoms with van der Waals surface area (Å²) in [5, 5.41) is 0. The van der Waals surface area contributed by atoms with Crippen molar-refractivity contribution >= 4 is 16.2 Å². The second-order valence-corrected chi connectivity index (χ2v) is 7.98. The van der Waals surface area contributed by atoms with Crippen LogP contribution in [-0.2, 0) is 25.6 Å². The van der Waals surface area contributed by atoms with E-state index in [0.717, 1.165) is 18.2 Å². The lowest BCUT2D eigenvalue weighted by molar-refractivity contribution is 0.0699. The number of nitrogens with zero attached hydrogens (tertiary/aromatic N) is 1. The Hall–Kier alpha value is -1.60. The Morgan fingerprint density at radius 2 is 1.96 bits per heavy atom. The van der Waals surface area contributed by atoms with Crippen molar-refractivity contribution in [2.45, 2.75) is 25.6 Å². The molecule has 2 aliphatic rings. The van der Waals surface area contributed by atoms with Crippen molar-refractivity contribution in [3.05, 3.63) is 35.9 Å². The molecule has 1 aliphatic carbocycles. The van der Waals surface area contributed by atoms with E-state index in [0.29, 0.717) is 19.5 Å². The zero-order chi connectivity index (χ0) is 16.4. The number of rotatable bonds is 4. The second kappa shape index (κ2) is 6.49. The minimum absolute atomic E-state index is 0.0627. The number of amides is 1. The van der Waals surface area contributed by atoms with E-state index in [9.17, 15) is 13.2 Å². The van der Waals surface area contributed by atoms with Gasteiger partial charge in [-0.1, -0.05) is 30.3 Å². The molecule has 23 heavy (non-hydrogen) atoms. The molecule has 2 bridgehead atoms. The van der Waals surface area contributed by atoms with Crippen LogP contribution >= 0.6 is 0 Å². The number of fused-ring (bicyclic) bond motifs is 2. The minimum atomic E-state index is -3.46. The Kier molecular flexibility index (Phi) is 4.59. The normalized spacial score (nSPS) is 27.0. The molecule has 0 spiro atoms. The van der Waals surface area contributed by atoms with E-state index in [4.69, 9.17) is 8.92 Å². The third kappa shape index (κ3) is 4.23. The first-order valence-electron chi connectivity index (χ1n) is 7.74. The summed E-state index contributed by atoms with van der Waals surface area (Å²) in [6.07, 6.45) is 2.00. The lowest BCUT2D eigenvalue weighted by Gasteiger charge is -2.31. The Morgan fingerprint density at radius 1 is 1.22 bits per heavy atom. The van der Waals surface area contributed by atoms with Gasteiger partial charge < -0.3 is 9.64 Å². The zero-order valence-electron chi connectivity index (χ0n) is 13.1. The molecule has 1 heterocycles. The van der Waals surface area contributed by atoms with E-state index in [1.54, 1.807) is 4.90 Å². The third-order valence-corrected chi connectivity index (χ3v) is 5.02. The van der Waals surface area contributed by atoms with Gasteiger partial charge in [-0.15, -0.1) is 0 Å². The van der Waals surface area contributed by atoms with E-state index in [-0.39, 0.29) is 30.6 Å². The first kappa shape index (κ1) is 16.3. The number of benzene rings is 1. The van der Waals surface area contributed by atoms with Gasteiger partial charge in [0, 0.05) is 19.0 Å². The van der Waals surface area contributed by atoms with Gasteiger partial charge in [0.05, 0.1) is 12.4 Å². The van der Waals surface area contributed by atoms with E-state index in [1.165, 1.54) is 0 Å². The summed E-state index contributed by atoms with van der Waals surface area (Å²) >= 11 is 0. The van der Waals surface area contributed by atoms with Gasteiger partial charge in [0.25, 0.3) is 10.1 Å². The average molecular weight is 339 g/mol. The van der Waals surface area contributed by atoms with Crippen LogP contribution < -0.4 is 0 Å². The van der Waals surface area contributed by atoms with Gasteiger partial charge in [0.2, 0.25) is 0 Å². The van der Waals surface area contributed by atoms with Crippen LogP contribution in [0.2, 0.25) is 0 Å². The maximum atomic E-state index is 12.2. The quantitative estimate of drug-likeness (QED) is 0.785. The summed E-state index contributed by atoms with van der Waals surface area (Å²) < 4.78 is 33.2. The molecule has 1 saturated heterocycles. The number of carbonyl (C=O) groups is 1. The first-order chi connectivity index (χ1) is 10.9. The molecule has 0 radical (unpaired) electrons. The van der Waals surface area contributed by atoms with Crippen LogP contribution in [0.5, 0.6) is 0 Å². The SMILES string of the molecule is CS(=O)(=O)OC1CC2CC1CN(C(=O)OCc1ccccc1)C2. The van der Waals surface area contributed by atoms with Gasteiger partial charge in [0.15, 0.2) is 0 Å². The summed E-state index contributed by atoms with van der Waals surface area (Å²) in [6.45, 7) is 1.34. The fraction of sp³-hybridized carbons (Fsp3) is 0.562. The number of piperidine rings is 1. The van der Waals surface area contributed by atoms with Crippen molar-refractivity contribution < 1.29 is 22.1 Å². The second-order valence-electron chi connectivity index (χ2n) is 6.38. The molecule has 1 aliphatic heterocycles. The van der Waals surface area contributed by atoms with Crippen molar-refractivity contribution in [2.24, 2.45) is 11.8 Å². The fourth-order valence-corrected chi connectivity index (χ4v) is 4.19. The number of carbonyl (C=O) groups excluding carboxylic acids is 1. The molecule has 126 valence electrons. The molecule has 7 heteroatoms. The van der Waals surface area contributed by atoms with Crippen molar-refractivity contribution in [1.29, 1.82) is 0 Å². The summed E-state index contributed by atoms with van der Waals surface area (Å²) in [5.41, 5.74) is 0.944. The van der Waals surface area contributed by atoms with Gasteiger partial charge in [-0.05, 0) is 24.3 Å². The van der Waals surface area contributed by atoms with Crippen molar-refractivity contribution in [2.75, 3.05) is 19.3 Å². The van der Waals surface area contributed by atoms with Crippen LogP contribution in [-0.4, -0.2) is 44.9 Å². The van der Waals surface area contributed by atoms with Crippen molar-refractivity contribution in [3.8, 4) is 0 Å². The fourth-order valence-electron chi connectivity index (χ4n) is 3.51. The number of likely N-dealkylation sites (tertiary alicyclic amines) is 1. The highest BCUT2D eigenvalue weighted by Gasteiger charge is 2.43. The van der Waals surface area contributed by atoms with E-state index in [2.05, 4.69) is 0 Å². The molecule has 3 atom stereocenters. The molecular formula is C16H21NO5S.